The summed E-state index contributed by atoms with van der Waals surface area (Å²) in [5.74, 6) is -3.10. The molecule has 9 nitrogen and oxygen atoms in total. The van der Waals surface area contributed by atoms with Crippen molar-refractivity contribution >= 4 is 33.5 Å². The number of methoxy groups -OCH3 is 1. The van der Waals surface area contributed by atoms with Crippen LogP contribution >= 0.6 is 0 Å². The van der Waals surface area contributed by atoms with Crippen molar-refractivity contribution in [2.75, 3.05) is 12.8 Å². The highest BCUT2D eigenvalue weighted by Gasteiger charge is 2.28. The van der Waals surface area contributed by atoms with Gasteiger partial charge in [-0.3, -0.25) is 9.36 Å². The lowest BCUT2D eigenvalue weighted by molar-refractivity contribution is 0.372. The van der Waals surface area contributed by atoms with E-state index in [1.807, 2.05) is 12.2 Å². The smallest absolute Gasteiger partial charge is 0.269 e. The Hall–Kier alpha value is -5.00. The molecule has 0 spiro atoms. The Labute approximate surface area is 225 Å². The Balaban J connectivity index is 1.64. The maximum Gasteiger partial charge on any atom is 0.269 e. The fourth-order valence-electron chi connectivity index (χ4n) is 4.94. The minimum absolute atomic E-state index is 0.00192. The first-order valence-corrected chi connectivity index (χ1v) is 12.4. The lowest BCUT2D eigenvalue weighted by Gasteiger charge is -2.21. The molecule has 1 atom stereocenters. The lowest BCUT2D eigenvalue weighted by Crippen LogP contribution is -2.28. The molecule has 1 aliphatic carbocycles. The number of nitrogens with two attached hydrogens (primary N) is 1. The average Bonchev–Trinajstić information content (AvgIpc) is 3.35. The summed E-state index contributed by atoms with van der Waals surface area (Å²) in [7, 11) is 1.23. The van der Waals surface area contributed by atoms with E-state index in [-0.39, 0.29) is 50.6 Å². The minimum atomic E-state index is -1.19. The number of hydrogen-bond donors (Lipinski definition) is 1. The van der Waals surface area contributed by atoms with Crippen LogP contribution in [0.1, 0.15) is 31.6 Å². The van der Waals surface area contributed by atoms with E-state index in [0.29, 0.717) is 12.1 Å². The molecule has 2 aromatic carbocycles. The van der Waals surface area contributed by atoms with Crippen LogP contribution < -0.4 is 16.0 Å². The molecule has 2 N–H and O–H groups in total. The molecular weight excluding hydrogens is 523 g/mol. The number of fused-ring (bicyclic) bond motifs is 2. The van der Waals surface area contributed by atoms with Crippen LogP contribution in [-0.2, 0) is 0 Å². The fourth-order valence-corrected chi connectivity index (χ4v) is 4.94. The summed E-state index contributed by atoms with van der Waals surface area (Å²) in [5, 5.41) is 4.63. The second-order valence-corrected chi connectivity index (χ2v) is 9.22. The van der Waals surface area contributed by atoms with Crippen LogP contribution in [-0.4, -0.2) is 36.4 Å². The van der Waals surface area contributed by atoms with Gasteiger partial charge in [0.25, 0.3) is 5.56 Å². The number of rotatable bonds is 5. The summed E-state index contributed by atoms with van der Waals surface area (Å²) in [5.41, 5.74) is 6.31. The molecule has 0 aliphatic heterocycles. The second kappa shape index (κ2) is 9.63. The van der Waals surface area contributed by atoms with Gasteiger partial charge in [0, 0.05) is 11.3 Å². The van der Waals surface area contributed by atoms with Gasteiger partial charge in [-0.15, -0.1) is 0 Å². The molecule has 3 heterocycles. The van der Waals surface area contributed by atoms with Gasteiger partial charge < -0.3 is 10.5 Å². The van der Waals surface area contributed by atoms with Crippen LogP contribution in [0.4, 0.5) is 19.0 Å². The number of hydrogen-bond acceptors (Lipinski definition) is 7. The van der Waals surface area contributed by atoms with Gasteiger partial charge >= 0.3 is 0 Å². The fraction of sp³-hybridized carbons (Fsp3) is 0.179. The Morgan fingerprint density at radius 3 is 2.62 bits per heavy atom. The third-order valence-corrected chi connectivity index (χ3v) is 6.89. The van der Waals surface area contributed by atoms with Gasteiger partial charge in [0.2, 0.25) is 5.82 Å². The Kier molecular flexibility index (Phi) is 6.09. The van der Waals surface area contributed by atoms with Crippen molar-refractivity contribution in [1.29, 1.82) is 0 Å². The maximum atomic E-state index is 15.2. The molecule has 0 amide bonds. The van der Waals surface area contributed by atoms with Crippen molar-refractivity contribution < 1.29 is 17.9 Å². The number of aromatic nitrogens is 6. The van der Waals surface area contributed by atoms with E-state index in [4.69, 9.17) is 10.5 Å². The summed E-state index contributed by atoms with van der Waals surface area (Å²) in [6, 6.07) is 6.03. The standard InChI is InChI=1S/C28H22F3N7O2/c1-14(26-35-18-10-6-9-17(29)20(18)28(39)37(26)15-7-4-3-5-8-15)38-27-21(25(32)33-13-34-27)24(36-38)16-11-12-19(40-2)23(31)22(16)30/h4,6-14H,3,5H2,1-2H3,(H2,32,33,34). The summed E-state index contributed by atoms with van der Waals surface area (Å²) in [4.78, 5) is 26.7. The average molecular weight is 546 g/mol. The van der Waals surface area contributed by atoms with Crippen LogP contribution in [0, 0.1) is 17.5 Å². The van der Waals surface area contributed by atoms with E-state index in [1.54, 1.807) is 19.1 Å². The maximum absolute atomic E-state index is 15.2. The van der Waals surface area contributed by atoms with Crippen LogP contribution in [0.3, 0.4) is 0 Å². The first-order valence-electron chi connectivity index (χ1n) is 12.4. The minimum Gasteiger partial charge on any atom is -0.494 e. The largest absolute Gasteiger partial charge is 0.494 e. The quantitative estimate of drug-likeness (QED) is 0.330. The molecular formula is C28H22F3N7O2. The zero-order valence-corrected chi connectivity index (χ0v) is 21.4. The van der Waals surface area contributed by atoms with E-state index in [2.05, 4.69) is 20.1 Å². The van der Waals surface area contributed by atoms with E-state index in [0.717, 1.165) is 6.42 Å². The van der Waals surface area contributed by atoms with Crippen LogP contribution in [0.5, 0.6) is 5.75 Å². The van der Waals surface area contributed by atoms with E-state index >= 15 is 4.39 Å². The molecule has 12 heteroatoms. The summed E-state index contributed by atoms with van der Waals surface area (Å²) in [6.45, 7) is 1.72. The normalized spacial score (nSPS) is 14.1. The number of nitrogen functional groups attached to an aromatic ring is 1. The number of halogens is 3. The molecule has 3 aromatic heterocycles. The molecule has 1 aliphatic rings. The van der Waals surface area contributed by atoms with Crippen molar-refractivity contribution in [3.8, 4) is 17.0 Å². The van der Waals surface area contributed by atoms with Gasteiger partial charge in [-0.05, 0) is 50.1 Å². The van der Waals surface area contributed by atoms with Gasteiger partial charge in [0.05, 0.1) is 18.0 Å². The van der Waals surface area contributed by atoms with Crippen LogP contribution in [0.15, 0.2) is 59.7 Å². The highest BCUT2D eigenvalue weighted by atomic mass is 19.2. The summed E-state index contributed by atoms with van der Waals surface area (Å²) in [6.07, 6.45) is 8.26. The topological polar surface area (TPSA) is 114 Å². The molecule has 0 fully saturated rings. The van der Waals surface area contributed by atoms with Crippen LogP contribution in [0.25, 0.3) is 38.9 Å². The SMILES string of the molecule is COc1ccc(-c2nn(C(C)c3nc4cccc(F)c4c(=O)n3C3=CCCC=C3)c3ncnc(N)c23)c(F)c1F. The molecule has 40 heavy (non-hydrogen) atoms. The molecule has 0 radical (unpaired) electrons. The number of nitrogens with zero attached hydrogens (tertiary/aromatic N) is 6. The lowest BCUT2D eigenvalue weighted by atomic mass is 10.1. The molecule has 202 valence electrons. The second-order valence-electron chi connectivity index (χ2n) is 9.22. The van der Waals surface area contributed by atoms with Crippen molar-refractivity contribution in [3.63, 3.8) is 0 Å². The van der Waals surface area contributed by atoms with E-state index in [1.165, 1.54) is 47.0 Å². The molecule has 1 unspecified atom stereocenters. The van der Waals surface area contributed by atoms with Crippen LogP contribution in [0.2, 0.25) is 0 Å². The van der Waals surface area contributed by atoms with Crippen molar-refractivity contribution in [2.45, 2.75) is 25.8 Å². The Bertz CT molecular complexity index is 1940. The predicted octanol–water partition coefficient (Wildman–Crippen LogP) is 5.01. The number of allylic oxidation sites excluding steroid dienone is 4. The van der Waals surface area contributed by atoms with Crippen molar-refractivity contribution in [2.24, 2.45) is 0 Å². The summed E-state index contributed by atoms with van der Waals surface area (Å²) >= 11 is 0. The Morgan fingerprint density at radius 2 is 1.88 bits per heavy atom. The molecule has 0 saturated heterocycles. The van der Waals surface area contributed by atoms with Gasteiger partial charge in [-0.25, -0.2) is 28.4 Å². The van der Waals surface area contributed by atoms with E-state index in [9.17, 15) is 13.6 Å². The van der Waals surface area contributed by atoms with Gasteiger partial charge in [0.1, 0.15) is 40.9 Å². The zero-order valence-electron chi connectivity index (χ0n) is 21.4. The molecule has 0 bridgehead atoms. The third-order valence-electron chi connectivity index (χ3n) is 6.89. The molecule has 5 aromatic rings. The highest BCUT2D eigenvalue weighted by molar-refractivity contribution is 5.98. The first-order chi connectivity index (χ1) is 19.3. The van der Waals surface area contributed by atoms with Crippen molar-refractivity contribution in [3.05, 3.63) is 88.5 Å². The van der Waals surface area contributed by atoms with Gasteiger partial charge in [0.15, 0.2) is 17.2 Å². The number of benzene rings is 2. The number of anilines is 1. The monoisotopic (exact) mass is 545 g/mol. The van der Waals surface area contributed by atoms with Crippen molar-refractivity contribution in [1.82, 2.24) is 29.3 Å². The van der Waals surface area contributed by atoms with Gasteiger partial charge in [-0.1, -0.05) is 18.2 Å². The zero-order chi connectivity index (χ0) is 28.1. The molecule has 0 saturated carbocycles. The Morgan fingerprint density at radius 1 is 1.05 bits per heavy atom. The number of ether oxygens (including phenoxy) is 1. The van der Waals surface area contributed by atoms with E-state index < -0.39 is 29.1 Å². The highest BCUT2D eigenvalue weighted by Crippen LogP contribution is 2.36. The van der Waals surface area contributed by atoms with Gasteiger partial charge in [-0.2, -0.15) is 9.49 Å². The molecule has 6 rings (SSSR count). The first kappa shape index (κ1) is 25.3. The third kappa shape index (κ3) is 3.82. The summed E-state index contributed by atoms with van der Waals surface area (Å²) < 4.78 is 52.3. The predicted molar refractivity (Wildman–Crippen MR) is 144 cm³/mol.